The van der Waals surface area contributed by atoms with Crippen molar-refractivity contribution in [2.45, 2.75) is 12.5 Å². The van der Waals surface area contributed by atoms with Gasteiger partial charge in [0.1, 0.15) is 0 Å². The van der Waals surface area contributed by atoms with Gasteiger partial charge in [-0.3, -0.25) is 9.69 Å². The molecule has 4 heterocycles. The van der Waals surface area contributed by atoms with Gasteiger partial charge in [0.05, 0.1) is 42.9 Å². The number of anilines is 1. The highest BCUT2D eigenvalue weighted by Gasteiger charge is 2.32. The zero-order valence-electron chi connectivity index (χ0n) is 19.0. The summed E-state index contributed by atoms with van der Waals surface area (Å²) in [5, 5.41) is 4.41. The molecule has 0 radical (unpaired) electrons. The number of benzene rings is 1. The smallest absolute Gasteiger partial charge is 0.261 e. The lowest BCUT2D eigenvalue weighted by molar-refractivity contribution is 0.00167. The maximum atomic E-state index is 13.3. The number of hydrogen-bond donors (Lipinski definition) is 1. The van der Waals surface area contributed by atoms with Crippen LogP contribution in [0.3, 0.4) is 0 Å². The largest absolute Gasteiger partial charge is 0.381 e. The third-order valence-electron chi connectivity index (χ3n) is 6.81. The summed E-state index contributed by atoms with van der Waals surface area (Å²) in [4.78, 5) is 18.9. The van der Waals surface area contributed by atoms with Crippen molar-refractivity contribution in [3.05, 3.63) is 41.3 Å². The van der Waals surface area contributed by atoms with Crippen molar-refractivity contribution in [1.29, 1.82) is 0 Å². The van der Waals surface area contributed by atoms with Gasteiger partial charge in [-0.1, -0.05) is 30.3 Å². The molecule has 3 aliphatic heterocycles. The van der Waals surface area contributed by atoms with Gasteiger partial charge in [-0.05, 0) is 18.1 Å². The molecule has 1 amide bonds. The Hall–Kier alpha value is -1.97. The number of rotatable bonds is 7. The molecule has 1 N–H and O–H groups in total. The highest BCUT2D eigenvalue weighted by Crippen LogP contribution is 2.39. The Morgan fingerprint density at radius 2 is 1.73 bits per heavy atom. The molecule has 0 saturated carbocycles. The molecular formula is C25H33N3O4S. The van der Waals surface area contributed by atoms with Crippen LogP contribution in [-0.4, -0.2) is 89.2 Å². The SMILES string of the molecule is O=C(NCC(C1CCOC1)N1CCOCC1)c1cc(-c2ccccc2)c(N2CCOCC2)s1. The Morgan fingerprint density at radius 1 is 1.00 bits per heavy atom. The zero-order chi connectivity index (χ0) is 22.5. The van der Waals surface area contributed by atoms with Crippen LogP contribution < -0.4 is 10.2 Å². The normalized spacial score (nSPS) is 22.9. The van der Waals surface area contributed by atoms with Crippen LogP contribution >= 0.6 is 11.3 Å². The van der Waals surface area contributed by atoms with Crippen molar-refractivity contribution in [3.63, 3.8) is 0 Å². The van der Waals surface area contributed by atoms with Crippen LogP contribution in [0.2, 0.25) is 0 Å². The average Bonchev–Trinajstić information content (AvgIpc) is 3.57. The van der Waals surface area contributed by atoms with Gasteiger partial charge < -0.3 is 24.4 Å². The van der Waals surface area contributed by atoms with Crippen LogP contribution in [0.4, 0.5) is 5.00 Å². The van der Waals surface area contributed by atoms with Crippen LogP contribution in [-0.2, 0) is 14.2 Å². The number of ether oxygens (including phenoxy) is 3. The van der Waals surface area contributed by atoms with Crippen LogP contribution in [0.15, 0.2) is 36.4 Å². The molecule has 1 aromatic heterocycles. The van der Waals surface area contributed by atoms with Crippen molar-refractivity contribution < 1.29 is 19.0 Å². The summed E-state index contributed by atoms with van der Waals surface area (Å²) in [6, 6.07) is 12.7. The Kier molecular flexibility index (Phi) is 7.58. The minimum Gasteiger partial charge on any atom is -0.381 e. The van der Waals surface area contributed by atoms with E-state index >= 15 is 0 Å². The van der Waals surface area contributed by atoms with Gasteiger partial charge in [-0.15, -0.1) is 11.3 Å². The fraction of sp³-hybridized carbons (Fsp3) is 0.560. The maximum absolute atomic E-state index is 13.3. The van der Waals surface area contributed by atoms with Crippen molar-refractivity contribution in [2.24, 2.45) is 5.92 Å². The van der Waals surface area contributed by atoms with Gasteiger partial charge in [0.2, 0.25) is 0 Å². The minimum atomic E-state index is 0.00821. The molecule has 33 heavy (non-hydrogen) atoms. The van der Waals surface area contributed by atoms with Gasteiger partial charge in [0, 0.05) is 56.9 Å². The van der Waals surface area contributed by atoms with Gasteiger partial charge in [0.15, 0.2) is 0 Å². The quantitative estimate of drug-likeness (QED) is 0.670. The van der Waals surface area contributed by atoms with Gasteiger partial charge in [-0.2, -0.15) is 0 Å². The zero-order valence-corrected chi connectivity index (χ0v) is 19.9. The van der Waals surface area contributed by atoms with E-state index in [2.05, 4.69) is 33.3 Å². The van der Waals surface area contributed by atoms with Crippen molar-refractivity contribution >= 4 is 22.2 Å². The van der Waals surface area contributed by atoms with E-state index < -0.39 is 0 Å². The first kappa shape index (κ1) is 22.8. The van der Waals surface area contributed by atoms with E-state index in [0.29, 0.717) is 12.5 Å². The molecule has 2 unspecified atom stereocenters. The molecule has 7 nitrogen and oxygen atoms in total. The fourth-order valence-corrected chi connectivity index (χ4v) is 6.11. The van der Waals surface area contributed by atoms with E-state index in [-0.39, 0.29) is 11.9 Å². The standard InChI is InChI=1S/C25H33N3O4S/c29-24(26-17-22(20-6-11-32-18-20)27-7-12-30-13-8-27)23-16-21(19-4-2-1-3-5-19)25(33-23)28-9-14-31-15-10-28/h1-5,16,20,22H,6-15,17-18H2,(H,26,29). The number of carbonyl (C=O) groups is 1. The maximum Gasteiger partial charge on any atom is 0.261 e. The first-order chi connectivity index (χ1) is 16.3. The third-order valence-corrected chi connectivity index (χ3v) is 8.01. The topological polar surface area (TPSA) is 63.3 Å². The van der Waals surface area contributed by atoms with E-state index in [1.54, 1.807) is 11.3 Å². The summed E-state index contributed by atoms with van der Waals surface area (Å²) in [6.45, 7) is 8.70. The molecule has 8 heteroatoms. The average molecular weight is 472 g/mol. The second-order valence-corrected chi connectivity index (χ2v) is 9.87. The lowest BCUT2D eigenvalue weighted by Gasteiger charge is -2.37. The predicted molar refractivity (Wildman–Crippen MR) is 130 cm³/mol. The monoisotopic (exact) mass is 471 g/mol. The van der Waals surface area contributed by atoms with E-state index in [1.807, 2.05) is 18.2 Å². The number of morpholine rings is 2. The predicted octanol–water partition coefficient (Wildman–Crippen LogP) is 2.72. The summed E-state index contributed by atoms with van der Waals surface area (Å²) in [6.07, 6.45) is 1.05. The molecule has 5 rings (SSSR count). The van der Waals surface area contributed by atoms with Gasteiger partial charge in [0.25, 0.3) is 5.91 Å². The number of hydrogen-bond acceptors (Lipinski definition) is 7. The van der Waals surface area contributed by atoms with E-state index in [0.717, 1.165) is 93.2 Å². The molecular weight excluding hydrogens is 438 g/mol. The Labute approximate surface area is 199 Å². The summed E-state index contributed by atoms with van der Waals surface area (Å²) in [7, 11) is 0. The van der Waals surface area contributed by atoms with Crippen molar-refractivity contribution in [2.75, 3.05) is 77.3 Å². The Morgan fingerprint density at radius 3 is 2.42 bits per heavy atom. The second-order valence-electron chi connectivity index (χ2n) is 8.84. The lowest BCUT2D eigenvalue weighted by atomic mass is 9.97. The second kappa shape index (κ2) is 11.0. The first-order valence-electron chi connectivity index (χ1n) is 12.0. The van der Waals surface area contributed by atoms with Crippen LogP contribution in [0, 0.1) is 5.92 Å². The molecule has 0 spiro atoms. The minimum absolute atomic E-state index is 0.00821. The highest BCUT2D eigenvalue weighted by atomic mass is 32.1. The van der Waals surface area contributed by atoms with Crippen molar-refractivity contribution in [1.82, 2.24) is 10.2 Å². The van der Waals surface area contributed by atoms with E-state index in [9.17, 15) is 4.79 Å². The summed E-state index contributed by atoms with van der Waals surface area (Å²) < 4.78 is 16.8. The molecule has 0 aliphatic carbocycles. The fourth-order valence-electron chi connectivity index (χ4n) is 4.96. The van der Waals surface area contributed by atoms with Crippen LogP contribution in [0.5, 0.6) is 0 Å². The highest BCUT2D eigenvalue weighted by molar-refractivity contribution is 7.18. The molecule has 0 bridgehead atoms. The summed E-state index contributed by atoms with van der Waals surface area (Å²) in [5.41, 5.74) is 2.27. The number of amides is 1. The molecule has 3 aliphatic rings. The third kappa shape index (κ3) is 5.41. The van der Waals surface area contributed by atoms with Crippen LogP contribution in [0.25, 0.3) is 11.1 Å². The molecule has 3 fully saturated rings. The molecule has 3 saturated heterocycles. The van der Waals surface area contributed by atoms with Gasteiger partial charge >= 0.3 is 0 Å². The summed E-state index contributed by atoms with van der Waals surface area (Å²) in [5.74, 6) is 0.462. The molecule has 2 atom stereocenters. The van der Waals surface area contributed by atoms with Crippen LogP contribution in [0.1, 0.15) is 16.1 Å². The molecule has 178 valence electrons. The van der Waals surface area contributed by atoms with E-state index in [1.165, 1.54) is 0 Å². The van der Waals surface area contributed by atoms with Gasteiger partial charge in [-0.25, -0.2) is 0 Å². The Balaban J connectivity index is 1.33. The number of thiophene rings is 1. The van der Waals surface area contributed by atoms with E-state index in [4.69, 9.17) is 14.2 Å². The lowest BCUT2D eigenvalue weighted by Crippen LogP contribution is -2.52. The van der Waals surface area contributed by atoms with Crippen molar-refractivity contribution in [3.8, 4) is 11.1 Å². The molecule has 1 aromatic carbocycles. The number of carbonyl (C=O) groups excluding carboxylic acids is 1. The Bertz CT molecular complexity index is 904. The summed E-state index contributed by atoms with van der Waals surface area (Å²) >= 11 is 1.59. The molecule has 2 aromatic rings. The number of nitrogens with one attached hydrogen (secondary N) is 1. The first-order valence-corrected chi connectivity index (χ1v) is 12.8. The number of nitrogens with zero attached hydrogens (tertiary/aromatic N) is 2.